The number of piperazine rings is 1. The normalized spacial score (nSPS) is 13.9. The number of fused-ring (bicyclic) bond motifs is 1. The maximum Gasteiger partial charge on any atom is 0.416 e. The molecule has 0 spiro atoms. The summed E-state index contributed by atoms with van der Waals surface area (Å²) in [6.07, 6.45) is -3.32. The van der Waals surface area contributed by atoms with E-state index < -0.39 is 47.2 Å². The van der Waals surface area contributed by atoms with Gasteiger partial charge in [0.2, 0.25) is 16.4 Å². The lowest BCUT2D eigenvalue weighted by Crippen LogP contribution is -2.51. The van der Waals surface area contributed by atoms with Crippen molar-refractivity contribution in [2.24, 2.45) is 0 Å². The van der Waals surface area contributed by atoms with Crippen LogP contribution >= 0.6 is 15.9 Å². The minimum absolute atomic E-state index is 0.00827. The quantitative estimate of drug-likeness (QED) is 0.293. The molecule has 0 saturated carbocycles. The SMILES string of the molecule is CCc1c(N2CCN(C(=O)c3ncnc(C)c3O)CC2)c(=O)n2nc(Br)nc2n1CC(=O)Nc1ccc(C(F)(F)F)cc1F. The molecule has 1 fully saturated rings. The molecule has 13 nitrogen and oxygen atoms in total. The first-order valence-electron chi connectivity index (χ1n) is 13.2. The van der Waals surface area contributed by atoms with Crippen molar-refractivity contribution in [3.8, 4) is 5.75 Å². The molecule has 0 atom stereocenters. The van der Waals surface area contributed by atoms with Crippen molar-refractivity contribution in [2.45, 2.75) is 33.0 Å². The molecule has 0 unspecified atom stereocenters. The minimum atomic E-state index is -4.76. The Balaban J connectivity index is 1.43. The number of benzene rings is 1. The topological polar surface area (TPSA) is 151 Å². The van der Waals surface area contributed by atoms with Crippen LogP contribution in [0.3, 0.4) is 0 Å². The van der Waals surface area contributed by atoms with E-state index in [0.717, 1.165) is 10.6 Å². The molecule has 4 heterocycles. The fourth-order valence-corrected chi connectivity index (χ4v) is 5.25. The summed E-state index contributed by atoms with van der Waals surface area (Å²) >= 11 is 3.14. The number of alkyl halides is 3. The van der Waals surface area contributed by atoms with Crippen LogP contribution in [0.15, 0.2) is 34.1 Å². The summed E-state index contributed by atoms with van der Waals surface area (Å²) in [4.78, 5) is 54.9. The molecule has 44 heavy (non-hydrogen) atoms. The molecular weight excluding hydrogens is 658 g/mol. The fourth-order valence-electron chi connectivity index (χ4n) is 4.94. The third-order valence-corrected chi connectivity index (χ3v) is 7.43. The Morgan fingerprint density at radius 1 is 1.14 bits per heavy atom. The summed E-state index contributed by atoms with van der Waals surface area (Å²) < 4.78 is 55.7. The highest BCUT2D eigenvalue weighted by atomic mass is 79.9. The number of rotatable bonds is 6. The predicted molar refractivity (Wildman–Crippen MR) is 151 cm³/mol. The van der Waals surface area contributed by atoms with Crippen molar-refractivity contribution in [1.29, 1.82) is 0 Å². The molecule has 0 bridgehead atoms. The Labute approximate surface area is 254 Å². The van der Waals surface area contributed by atoms with Crippen LogP contribution < -0.4 is 15.8 Å². The van der Waals surface area contributed by atoms with Crippen molar-refractivity contribution in [3.63, 3.8) is 0 Å². The number of carbonyl (C=O) groups is 2. The van der Waals surface area contributed by atoms with Crippen LogP contribution in [0.2, 0.25) is 0 Å². The number of aromatic hydroxyl groups is 1. The third kappa shape index (κ3) is 5.80. The van der Waals surface area contributed by atoms with Gasteiger partial charge in [-0.3, -0.25) is 14.4 Å². The van der Waals surface area contributed by atoms with Crippen LogP contribution in [0.4, 0.5) is 28.9 Å². The van der Waals surface area contributed by atoms with Crippen molar-refractivity contribution < 1.29 is 32.3 Å². The third-order valence-electron chi connectivity index (χ3n) is 7.10. The lowest BCUT2D eigenvalue weighted by Gasteiger charge is -2.36. The van der Waals surface area contributed by atoms with Gasteiger partial charge >= 0.3 is 6.18 Å². The average molecular weight is 682 g/mol. The minimum Gasteiger partial charge on any atom is -0.504 e. The number of nitrogens with one attached hydrogen (secondary N) is 1. The van der Waals surface area contributed by atoms with E-state index in [9.17, 15) is 37.1 Å². The summed E-state index contributed by atoms with van der Waals surface area (Å²) in [5.41, 5.74) is -1.45. The number of anilines is 2. The van der Waals surface area contributed by atoms with E-state index in [1.165, 1.54) is 15.8 Å². The maximum absolute atomic E-state index is 14.4. The Morgan fingerprint density at radius 3 is 2.48 bits per heavy atom. The molecule has 1 saturated heterocycles. The first-order valence-corrected chi connectivity index (χ1v) is 14.0. The van der Waals surface area contributed by atoms with Crippen molar-refractivity contribution in [2.75, 3.05) is 36.4 Å². The first kappa shape index (κ1) is 30.8. The van der Waals surface area contributed by atoms with Crippen LogP contribution in [-0.4, -0.2) is 77.1 Å². The van der Waals surface area contributed by atoms with Gasteiger partial charge < -0.3 is 24.8 Å². The summed E-state index contributed by atoms with van der Waals surface area (Å²) in [6.45, 7) is 3.60. The fraction of sp³-hybridized carbons (Fsp3) is 0.346. The second-order valence-electron chi connectivity index (χ2n) is 9.81. The maximum atomic E-state index is 14.4. The molecular formula is C26H24BrF4N9O4. The number of amides is 2. The van der Waals surface area contributed by atoms with Crippen molar-refractivity contribution >= 4 is 44.9 Å². The molecule has 1 aliphatic rings. The molecule has 18 heteroatoms. The number of carbonyl (C=O) groups excluding carboxylic acids is 2. The van der Waals surface area contributed by atoms with Gasteiger partial charge in [-0.2, -0.15) is 22.7 Å². The lowest BCUT2D eigenvalue weighted by atomic mass is 10.2. The molecule has 4 aromatic rings. The molecule has 1 aliphatic heterocycles. The Bertz CT molecular complexity index is 1830. The zero-order valence-corrected chi connectivity index (χ0v) is 24.8. The smallest absolute Gasteiger partial charge is 0.416 e. The van der Waals surface area contributed by atoms with Crippen LogP contribution in [0.25, 0.3) is 5.78 Å². The summed E-state index contributed by atoms with van der Waals surface area (Å²) in [7, 11) is 0. The molecule has 232 valence electrons. The van der Waals surface area contributed by atoms with Gasteiger partial charge in [0.05, 0.1) is 22.6 Å². The average Bonchev–Trinajstić information content (AvgIpc) is 3.38. The number of halogens is 5. The van der Waals surface area contributed by atoms with Gasteiger partial charge in [0.1, 0.15) is 24.4 Å². The standard InChI is InChI=1S/C26H24BrF4N9O4/c1-3-17-20(37-6-8-38(9-7-37)22(43)19-21(42)13(2)32-12-33-19)23(44)40-25(35-24(27)36-40)39(17)11-18(41)34-16-5-4-14(10-15(16)28)26(29,30)31/h4-5,10,12,42H,3,6-9,11H2,1-2H3,(H,34,41). The van der Waals surface area contributed by atoms with Crippen LogP contribution in [-0.2, 0) is 23.9 Å². The van der Waals surface area contributed by atoms with Crippen molar-refractivity contribution in [3.05, 3.63) is 68.1 Å². The number of hydrogen-bond donors (Lipinski definition) is 2. The van der Waals surface area contributed by atoms with Gasteiger partial charge in [-0.05, 0) is 47.5 Å². The molecule has 0 radical (unpaired) electrons. The summed E-state index contributed by atoms with van der Waals surface area (Å²) in [5, 5.41) is 16.6. The highest BCUT2D eigenvalue weighted by molar-refractivity contribution is 9.10. The van der Waals surface area contributed by atoms with E-state index in [-0.39, 0.29) is 72.0 Å². The van der Waals surface area contributed by atoms with E-state index in [2.05, 4.69) is 41.3 Å². The number of hydrogen-bond acceptors (Lipinski definition) is 9. The zero-order chi connectivity index (χ0) is 31.9. The highest BCUT2D eigenvalue weighted by Gasteiger charge is 2.32. The second-order valence-corrected chi connectivity index (χ2v) is 10.5. The molecule has 1 aromatic carbocycles. The van der Waals surface area contributed by atoms with E-state index in [0.29, 0.717) is 11.8 Å². The predicted octanol–water partition coefficient (Wildman–Crippen LogP) is 2.78. The Hall–Kier alpha value is -4.61. The van der Waals surface area contributed by atoms with E-state index >= 15 is 0 Å². The molecule has 2 N–H and O–H groups in total. The molecule has 2 amide bonds. The molecule has 3 aromatic heterocycles. The second kappa shape index (κ2) is 11.8. The number of nitrogens with zero attached hydrogens (tertiary/aromatic N) is 8. The molecule has 5 rings (SSSR count). The highest BCUT2D eigenvalue weighted by Crippen LogP contribution is 2.31. The van der Waals surface area contributed by atoms with Crippen LogP contribution in [0.1, 0.15) is 34.4 Å². The van der Waals surface area contributed by atoms with Crippen LogP contribution in [0.5, 0.6) is 5.75 Å². The van der Waals surface area contributed by atoms with E-state index in [1.807, 2.05) is 0 Å². The first-order chi connectivity index (χ1) is 20.8. The van der Waals surface area contributed by atoms with E-state index in [1.54, 1.807) is 18.7 Å². The van der Waals surface area contributed by atoms with Gasteiger partial charge in [-0.15, -0.1) is 5.10 Å². The van der Waals surface area contributed by atoms with Crippen molar-refractivity contribution in [1.82, 2.24) is 34.0 Å². The monoisotopic (exact) mass is 681 g/mol. The number of aryl methyl sites for hydroxylation is 1. The largest absolute Gasteiger partial charge is 0.504 e. The zero-order valence-electron chi connectivity index (χ0n) is 23.2. The van der Waals surface area contributed by atoms with Gasteiger partial charge in [0.25, 0.3) is 11.5 Å². The number of aromatic nitrogens is 6. The van der Waals surface area contributed by atoms with Crippen LogP contribution in [0, 0.1) is 12.7 Å². The summed E-state index contributed by atoms with van der Waals surface area (Å²) in [5.74, 6) is -2.85. The molecule has 0 aliphatic carbocycles. The lowest BCUT2D eigenvalue weighted by molar-refractivity contribution is -0.137. The Morgan fingerprint density at radius 2 is 1.84 bits per heavy atom. The Kier molecular flexibility index (Phi) is 8.28. The van der Waals surface area contributed by atoms with Gasteiger partial charge in [-0.25, -0.2) is 14.4 Å². The van der Waals surface area contributed by atoms with Gasteiger partial charge in [0.15, 0.2) is 11.4 Å². The van der Waals surface area contributed by atoms with E-state index in [4.69, 9.17) is 0 Å². The van der Waals surface area contributed by atoms with Gasteiger partial charge in [-0.1, -0.05) is 6.92 Å². The van der Waals surface area contributed by atoms with Gasteiger partial charge in [0, 0.05) is 26.2 Å². The summed E-state index contributed by atoms with van der Waals surface area (Å²) in [6, 6.07) is 1.76.